The largest absolute Gasteiger partial charge is 0.368 e. The van der Waals surface area contributed by atoms with E-state index in [2.05, 4.69) is 10.6 Å². The SMILES string of the molecule is CC(=O)CC[C@H](NC(=O)CNC(=O)c1ccccc1)C(N)=O. The van der Waals surface area contributed by atoms with Gasteiger partial charge in [-0.15, -0.1) is 0 Å². The minimum atomic E-state index is -0.926. The molecule has 0 fully saturated rings. The van der Waals surface area contributed by atoms with Crippen LogP contribution in [0, 0.1) is 0 Å². The average molecular weight is 305 g/mol. The van der Waals surface area contributed by atoms with Crippen molar-refractivity contribution in [2.75, 3.05) is 6.54 Å². The Bertz CT molecular complexity index is 557. The summed E-state index contributed by atoms with van der Waals surface area (Å²) in [5.74, 6) is -1.76. The number of carbonyl (C=O) groups excluding carboxylic acids is 4. The standard InChI is InChI=1S/C15H19N3O4/c1-10(19)7-8-12(14(16)21)18-13(20)9-17-15(22)11-5-3-2-4-6-11/h2-6,12H,7-9H2,1H3,(H2,16,21)(H,17,22)(H,18,20)/t12-/m0/s1. The van der Waals surface area contributed by atoms with Gasteiger partial charge in [0.05, 0.1) is 6.54 Å². The topological polar surface area (TPSA) is 118 Å². The summed E-state index contributed by atoms with van der Waals surface area (Å²) in [6.45, 7) is 1.11. The lowest BCUT2D eigenvalue weighted by molar-refractivity contribution is -0.127. The molecule has 1 aromatic rings. The summed E-state index contributed by atoms with van der Waals surface area (Å²) < 4.78 is 0. The zero-order valence-corrected chi connectivity index (χ0v) is 12.3. The molecule has 0 aromatic heterocycles. The molecule has 0 radical (unpaired) electrons. The number of hydrogen-bond acceptors (Lipinski definition) is 4. The normalized spacial score (nSPS) is 11.3. The number of rotatable bonds is 8. The maximum atomic E-state index is 11.8. The second-order valence-corrected chi connectivity index (χ2v) is 4.81. The number of primary amides is 1. The van der Waals surface area contributed by atoms with Gasteiger partial charge in [0.15, 0.2) is 0 Å². The van der Waals surface area contributed by atoms with Crippen molar-refractivity contribution in [2.45, 2.75) is 25.8 Å². The van der Waals surface area contributed by atoms with E-state index < -0.39 is 23.8 Å². The highest BCUT2D eigenvalue weighted by Gasteiger charge is 2.18. The van der Waals surface area contributed by atoms with Gasteiger partial charge in [-0.2, -0.15) is 0 Å². The Kier molecular flexibility index (Phi) is 6.75. The third kappa shape index (κ3) is 6.17. The van der Waals surface area contributed by atoms with Crippen molar-refractivity contribution >= 4 is 23.5 Å². The van der Waals surface area contributed by atoms with Gasteiger partial charge in [-0.25, -0.2) is 0 Å². The lowest BCUT2D eigenvalue weighted by Gasteiger charge is -2.15. The summed E-state index contributed by atoms with van der Waals surface area (Å²) in [7, 11) is 0. The lowest BCUT2D eigenvalue weighted by Crippen LogP contribution is -2.48. The van der Waals surface area contributed by atoms with Crippen LogP contribution < -0.4 is 16.4 Å². The molecule has 0 heterocycles. The van der Waals surface area contributed by atoms with Gasteiger partial charge in [-0.1, -0.05) is 18.2 Å². The number of nitrogens with one attached hydrogen (secondary N) is 2. The fourth-order valence-electron chi connectivity index (χ4n) is 1.73. The molecule has 0 aliphatic carbocycles. The Hall–Kier alpha value is -2.70. The molecular weight excluding hydrogens is 286 g/mol. The molecule has 118 valence electrons. The molecule has 0 aliphatic heterocycles. The molecule has 0 aliphatic rings. The number of ketones is 1. The molecule has 1 atom stereocenters. The quantitative estimate of drug-likeness (QED) is 0.614. The van der Waals surface area contributed by atoms with E-state index in [1.165, 1.54) is 6.92 Å². The Labute approximate surface area is 128 Å². The summed E-state index contributed by atoms with van der Waals surface area (Å²) in [5, 5.41) is 4.84. The van der Waals surface area contributed by atoms with E-state index >= 15 is 0 Å². The Morgan fingerprint density at radius 3 is 2.32 bits per heavy atom. The second kappa shape index (κ2) is 8.56. The maximum absolute atomic E-state index is 11.8. The highest BCUT2D eigenvalue weighted by molar-refractivity contribution is 5.97. The van der Waals surface area contributed by atoms with Gasteiger partial charge in [0.2, 0.25) is 11.8 Å². The average Bonchev–Trinajstić information content (AvgIpc) is 2.49. The number of carbonyl (C=O) groups is 4. The molecule has 0 spiro atoms. The molecule has 0 saturated carbocycles. The highest BCUT2D eigenvalue weighted by atomic mass is 16.2. The predicted molar refractivity (Wildman–Crippen MR) is 79.8 cm³/mol. The molecular formula is C15H19N3O4. The molecule has 1 rings (SSSR count). The van der Waals surface area contributed by atoms with Crippen LogP contribution in [0.3, 0.4) is 0 Å². The first-order valence-corrected chi connectivity index (χ1v) is 6.81. The molecule has 4 N–H and O–H groups in total. The molecule has 0 unspecified atom stereocenters. The zero-order chi connectivity index (χ0) is 16.5. The maximum Gasteiger partial charge on any atom is 0.251 e. The van der Waals surface area contributed by atoms with Gasteiger partial charge in [0.1, 0.15) is 11.8 Å². The molecule has 1 aromatic carbocycles. The second-order valence-electron chi connectivity index (χ2n) is 4.81. The number of benzene rings is 1. The van der Waals surface area contributed by atoms with Crippen LogP contribution in [-0.2, 0) is 14.4 Å². The highest BCUT2D eigenvalue weighted by Crippen LogP contribution is 1.99. The van der Waals surface area contributed by atoms with Crippen LogP contribution in [0.2, 0.25) is 0 Å². The van der Waals surface area contributed by atoms with Gasteiger partial charge >= 0.3 is 0 Å². The van der Waals surface area contributed by atoms with Gasteiger partial charge in [-0.3, -0.25) is 14.4 Å². The van der Waals surface area contributed by atoms with Crippen LogP contribution in [0.25, 0.3) is 0 Å². The van der Waals surface area contributed by atoms with Gasteiger partial charge in [0, 0.05) is 12.0 Å². The van der Waals surface area contributed by atoms with Crippen molar-refractivity contribution in [1.82, 2.24) is 10.6 Å². The summed E-state index contributed by atoms with van der Waals surface area (Å²) in [6, 6.07) is 7.50. The minimum absolute atomic E-state index is 0.0992. The third-order valence-electron chi connectivity index (χ3n) is 2.91. The first-order chi connectivity index (χ1) is 10.4. The van der Waals surface area contributed by atoms with E-state index in [0.717, 1.165) is 0 Å². The van der Waals surface area contributed by atoms with Gasteiger partial charge in [-0.05, 0) is 25.5 Å². The smallest absolute Gasteiger partial charge is 0.251 e. The van der Waals surface area contributed by atoms with E-state index in [1.54, 1.807) is 30.3 Å². The number of amides is 3. The van der Waals surface area contributed by atoms with Crippen molar-refractivity contribution in [3.8, 4) is 0 Å². The fraction of sp³-hybridized carbons (Fsp3) is 0.333. The molecule has 0 bridgehead atoms. The summed E-state index contributed by atoms with van der Waals surface area (Å²) in [4.78, 5) is 45.6. The predicted octanol–water partition coefficient (Wildman–Crippen LogP) is -0.244. The fourth-order valence-corrected chi connectivity index (χ4v) is 1.73. The van der Waals surface area contributed by atoms with Crippen molar-refractivity contribution in [3.63, 3.8) is 0 Å². The molecule has 22 heavy (non-hydrogen) atoms. The van der Waals surface area contributed by atoms with Gasteiger partial charge in [0.25, 0.3) is 5.91 Å². The Morgan fingerprint density at radius 2 is 1.77 bits per heavy atom. The molecule has 0 saturated heterocycles. The summed E-state index contributed by atoms with van der Waals surface area (Å²) >= 11 is 0. The van der Waals surface area contributed by atoms with Crippen LogP contribution in [0.5, 0.6) is 0 Å². The van der Waals surface area contributed by atoms with E-state index in [4.69, 9.17) is 5.73 Å². The van der Waals surface area contributed by atoms with Crippen LogP contribution in [-0.4, -0.2) is 36.1 Å². The monoisotopic (exact) mass is 305 g/mol. The number of Topliss-reactive ketones (excluding diaryl/α,β-unsaturated/α-hetero) is 1. The number of hydrogen-bond donors (Lipinski definition) is 3. The van der Waals surface area contributed by atoms with Crippen molar-refractivity contribution in [3.05, 3.63) is 35.9 Å². The lowest BCUT2D eigenvalue weighted by atomic mass is 10.1. The van der Waals surface area contributed by atoms with E-state index in [0.29, 0.717) is 5.56 Å². The van der Waals surface area contributed by atoms with Crippen molar-refractivity contribution < 1.29 is 19.2 Å². The van der Waals surface area contributed by atoms with Crippen LogP contribution in [0.15, 0.2) is 30.3 Å². The van der Waals surface area contributed by atoms with E-state index in [9.17, 15) is 19.2 Å². The molecule has 7 nitrogen and oxygen atoms in total. The summed E-state index contributed by atoms with van der Waals surface area (Å²) in [6.07, 6.45) is 0.285. The van der Waals surface area contributed by atoms with E-state index in [-0.39, 0.29) is 25.2 Å². The van der Waals surface area contributed by atoms with Crippen molar-refractivity contribution in [1.29, 1.82) is 0 Å². The van der Waals surface area contributed by atoms with E-state index in [1.807, 2.05) is 0 Å². The first-order valence-electron chi connectivity index (χ1n) is 6.81. The van der Waals surface area contributed by atoms with Gasteiger partial charge < -0.3 is 21.2 Å². The molecule has 3 amide bonds. The van der Waals surface area contributed by atoms with Crippen molar-refractivity contribution in [2.24, 2.45) is 5.73 Å². The first kappa shape index (κ1) is 17.4. The zero-order valence-electron chi connectivity index (χ0n) is 12.3. The minimum Gasteiger partial charge on any atom is -0.368 e. The Morgan fingerprint density at radius 1 is 1.14 bits per heavy atom. The summed E-state index contributed by atoms with van der Waals surface area (Å²) in [5.41, 5.74) is 5.59. The molecule has 7 heteroatoms. The van der Waals surface area contributed by atoms with Crippen LogP contribution in [0.4, 0.5) is 0 Å². The van der Waals surface area contributed by atoms with Crippen LogP contribution >= 0.6 is 0 Å². The Balaban J connectivity index is 2.45. The van der Waals surface area contributed by atoms with Crippen LogP contribution in [0.1, 0.15) is 30.1 Å². The third-order valence-corrected chi connectivity index (χ3v) is 2.91. The number of nitrogens with two attached hydrogens (primary N) is 1.